The Balaban J connectivity index is 3.04. The second-order valence-electron chi connectivity index (χ2n) is 0.836. The molecule has 33 valence electrons. The number of nitriles is 1. The number of hydrogen-bond donors (Lipinski definition) is 0. The van der Waals surface area contributed by atoms with Gasteiger partial charge >= 0.3 is 0 Å². The second kappa shape index (κ2) is 1.39. The summed E-state index contributed by atoms with van der Waals surface area (Å²) in [6.45, 7) is 0. The van der Waals surface area contributed by atoms with Gasteiger partial charge in [0.15, 0.2) is 6.20 Å². The molecule has 0 aliphatic carbocycles. The number of hydrogen-bond acceptors (Lipinski definition) is 4. The van der Waals surface area contributed by atoms with Crippen LogP contribution in [0, 0.1) is 17.5 Å². The normalized spacial score (nSPS) is 7.86. The van der Waals surface area contributed by atoms with Crippen molar-refractivity contribution in [3.8, 4) is 6.07 Å². The van der Waals surface area contributed by atoms with Gasteiger partial charge in [0.2, 0.25) is 5.69 Å². The molecule has 0 aliphatic rings. The van der Waals surface area contributed by atoms with Crippen LogP contribution in [0.15, 0.2) is 4.63 Å². The molecule has 0 N–H and O–H groups in total. The lowest BCUT2D eigenvalue weighted by Gasteiger charge is -1.55. The molecule has 0 aromatic carbocycles. The van der Waals surface area contributed by atoms with Crippen LogP contribution in [-0.2, 0) is 0 Å². The quantitative estimate of drug-likeness (QED) is 0.444. The van der Waals surface area contributed by atoms with Gasteiger partial charge in [-0.1, -0.05) is 0 Å². The minimum atomic E-state index is 0.0833. The molecule has 4 heteroatoms. The lowest BCUT2D eigenvalue weighted by Crippen LogP contribution is -1.65. The van der Waals surface area contributed by atoms with Crippen molar-refractivity contribution in [2.75, 3.05) is 0 Å². The zero-order valence-corrected chi connectivity index (χ0v) is 3.25. The fourth-order valence-electron chi connectivity index (χ4n) is 0.191. The largest absolute Gasteiger partial charge is 0.242 e. The van der Waals surface area contributed by atoms with Crippen LogP contribution >= 0.6 is 0 Å². The highest BCUT2D eigenvalue weighted by atomic mass is 16.6. The molecule has 1 heterocycles. The average molecular weight is 94.1 g/mol. The maximum atomic E-state index is 7.98. The Morgan fingerprint density at radius 1 is 1.86 bits per heavy atom. The maximum absolute atomic E-state index is 7.98. The van der Waals surface area contributed by atoms with Crippen molar-refractivity contribution < 1.29 is 4.63 Å². The molecule has 0 saturated heterocycles. The van der Waals surface area contributed by atoms with Crippen LogP contribution in [0.2, 0.25) is 0 Å². The van der Waals surface area contributed by atoms with Gasteiger partial charge in [-0.25, -0.2) is 4.63 Å². The molecule has 0 spiro atoms. The summed E-state index contributed by atoms with van der Waals surface area (Å²) in [6, 6.07) is 1.68. The third kappa shape index (κ3) is 0.550. The zero-order valence-electron chi connectivity index (χ0n) is 3.25. The third-order valence-corrected chi connectivity index (χ3v) is 0.430. The van der Waals surface area contributed by atoms with Crippen LogP contribution < -0.4 is 0 Å². The highest BCUT2D eigenvalue weighted by molar-refractivity contribution is 5.09. The molecule has 0 amide bonds. The Hall–Kier alpha value is -1.37. The summed E-state index contributed by atoms with van der Waals surface area (Å²) >= 11 is 0. The van der Waals surface area contributed by atoms with E-state index in [-0.39, 0.29) is 5.69 Å². The van der Waals surface area contributed by atoms with Crippen molar-refractivity contribution in [2.45, 2.75) is 0 Å². The van der Waals surface area contributed by atoms with Crippen molar-refractivity contribution in [1.82, 2.24) is 10.3 Å². The molecule has 0 unspecified atom stereocenters. The number of nitrogens with zero attached hydrogens (tertiary/aromatic N) is 3. The standard InChI is InChI=1S/C3N3O/c4-1-3-2-5-7-6-3. The Morgan fingerprint density at radius 2 is 2.71 bits per heavy atom. The van der Waals surface area contributed by atoms with Crippen LogP contribution in [0.4, 0.5) is 0 Å². The van der Waals surface area contributed by atoms with Crippen molar-refractivity contribution in [3.05, 3.63) is 11.9 Å². The van der Waals surface area contributed by atoms with E-state index >= 15 is 0 Å². The van der Waals surface area contributed by atoms with E-state index in [2.05, 4.69) is 21.1 Å². The maximum Gasteiger partial charge on any atom is 0.214 e. The van der Waals surface area contributed by atoms with Gasteiger partial charge in [0, 0.05) is 0 Å². The van der Waals surface area contributed by atoms with Gasteiger partial charge in [0.1, 0.15) is 6.07 Å². The molecule has 0 saturated carbocycles. The predicted octanol–water partition coefficient (Wildman–Crippen LogP) is -0.259. The minimum absolute atomic E-state index is 0.0833. The molecule has 0 bridgehead atoms. The van der Waals surface area contributed by atoms with E-state index in [4.69, 9.17) is 5.26 Å². The predicted molar refractivity (Wildman–Crippen MR) is 17.8 cm³/mol. The van der Waals surface area contributed by atoms with Crippen molar-refractivity contribution in [2.24, 2.45) is 0 Å². The first kappa shape index (κ1) is 3.81. The first-order valence-corrected chi connectivity index (χ1v) is 1.54. The van der Waals surface area contributed by atoms with Crippen molar-refractivity contribution >= 4 is 0 Å². The van der Waals surface area contributed by atoms with E-state index in [1.165, 1.54) is 0 Å². The average Bonchev–Trinajstić information content (AvgIpc) is 2.14. The Labute approximate surface area is 39.3 Å². The Kier molecular flexibility index (Phi) is 0.755. The highest BCUT2D eigenvalue weighted by Crippen LogP contribution is 1.80. The molecular formula is C3N3O. The summed E-state index contributed by atoms with van der Waals surface area (Å²) in [5.41, 5.74) is 0.0833. The second-order valence-corrected chi connectivity index (χ2v) is 0.836. The van der Waals surface area contributed by atoms with Crippen LogP contribution in [0.3, 0.4) is 0 Å². The van der Waals surface area contributed by atoms with Gasteiger partial charge in [-0.2, -0.15) is 5.26 Å². The van der Waals surface area contributed by atoms with Crippen molar-refractivity contribution in [3.63, 3.8) is 0 Å². The summed E-state index contributed by atoms with van der Waals surface area (Å²) in [4.78, 5) is 0. The monoisotopic (exact) mass is 94.0 g/mol. The van der Waals surface area contributed by atoms with E-state index in [0.29, 0.717) is 0 Å². The molecule has 1 aromatic rings. The fourth-order valence-corrected chi connectivity index (χ4v) is 0.191. The summed E-state index contributed by atoms with van der Waals surface area (Å²) in [7, 11) is 0. The SMILES string of the molecule is N#Cc1[c]non1. The lowest BCUT2D eigenvalue weighted by atomic mass is 10.6. The van der Waals surface area contributed by atoms with Crippen LogP contribution in [-0.4, -0.2) is 10.3 Å². The molecule has 0 fully saturated rings. The number of aromatic nitrogens is 2. The molecular weight excluding hydrogens is 94.1 g/mol. The molecule has 1 rings (SSSR count). The molecule has 7 heavy (non-hydrogen) atoms. The summed E-state index contributed by atoms with van der Waals surface area (Å²) in [5.74, 6) is 0. The van der Waals surface area contributed by atoms with E-state index in [1.54, 1.807) is 6.07 Å². The van der Waals surface area contributed by atoms with Gasteiger partial charge < -0.3 is 0 Å². The highest BCUT2D eigenvalue weighted by Gasteiger charge is 1.89. The van der Waals surface area contributed by atoms with E-state index in [0.717, 1.165) is 0 Å². The van der Waals surface area contributed by atoms with Gasteiger partial charge in [0.25, 0.3) is 0 Å². The van der Waals surface area contributed by atoms with E-state index in [1.807, 2.05) is 0 Å². The summed E-state index contributed by atoms with van der Waals surface area (Å²) in [5, 5.41) is 14.2. The fraction of sp³-hybridized carbons (Fsp3) is 0. The number of rotatable bonds is 0. The Bertz CT molecular complexity index is 173. The molecule has 4 nitrogen and oxygen atoms in total. The van der Waals surface area contributed by atoms with Crippen LogP contribution in [0.1, 0.15) is 5.69 Å². The topological polar surface area (TPSA) is 62.7 Å². The van der Waals surface area contributed by atoms with E-state index in [9.17, 15) is 0 Å². The molecule has 0 aliphatic heterocycles. The van der Waals surface area contributed by atoms with Gasteiger partial charge in [0.05, 0.1) is 0 Å². The zero-order chi connectivity index (χ0) is 5.11. The first-order valence-electron chi connectivity index (χ1n) is 1.54. The first-order chi connectivity index (χ1) is 3.43. The smallest absolute Gasteiger partial charge is 0.214 e. The lowest BCUT2D eigenvalue weighted by molar-refractivity contribution is 0.305. The van der Waals surface area contributed by atoms with Gasteiger partial charge in [-0.15, -0.1) is 0 Å². The Morgan fingerprint density at radius 3 is 3.00 bits per heavy atom. The van der Waals surface area contributed by atoms with E-state index < -0.39 is 0 Å². The summed E-state index contributed by atoms with van der Waals surface area (Å²) in [6.07, 6.45) is 2.20. The van der Waals surface area contributed by atoms with Crippen LogP contribution in [0.25, 0.3) is 0 Å². The summed E-state index contributed by atoms with van der Waals surface area (Å²) < 4.78 is 4.03. The van der Waals surface area contributed by atoms with Gasteiger partial charge in [-0.3, -0.25) is 0 Å². The third-order valence-electron chi connectivity index (χ3n) is 0.430. The minimum Gasteiger partial charge on any atom is -0.242 e. The van der Waals surface area contributed by atoms with Gasteiger partial charge in [-0.05, 0) is 10.3 Å². The van der Waals surface area contributed by atoms with Crippen molar-refractivity contribution in [1.29, 1.82) is 5.26 Å². The molecule has 0 atom stereocenters. The molecule has 1 aromatic heterocycles. The molecule has 1 radical (unpaired) electrons. The van der Waals surface area contributed by atoms with Crippen LogP contribution in [0.5, 0.6) is 0 Å².